The topological polar surface area (TPSA) is 24.6 Å². The van der Waals surface area contributed by atoms with Gasteiger partial charge in [-0.3, -0.25) is 0 Å². The molecule has 0 aliphatic carbocycles. The van der Waals surface area contributed by atoms with Crippen LogP contribution in [0.3, 0.4) is 0 Å². The summed E-state index contributed by atoms with van der Waals surface area (Å²) in [4.78, 5) is 3.10. The van der Waals surface area contributed by atoms with Crippen LogP contribution in [0.1, 0.15) is 0 Å². The Balaban J connectivity index is 3.31. The fourth-order valence-corrected chi connectivity index (χ4v) is 0.950. The first-order valence-electron chi connectivity index (χ1n) is 2.60. The SMILES string of the molecule is [C-]#[N+]c1cccc(Br)c1O. The molecule has 0 aromatic heterocycles. The second kappa shape index (κ2) is 2.72. The lowest BCUT2D eigenvalue weighted by molar-refractivity contribution is 0.475. The standard InChI is InChI=1S/C7H4BrNO/c1-9-6-4-2-3-5(8)7(6)10/h2-4,10H. The number of phenols is 1. The molecule has 0 aliphatic rings. The van der Waals surface area contributed by atoms with Gasteiger partial charge in [-0.2, -0.15) is 0 Å². The van der Waals surface area contributed by atoms with E-state index in [1.807, 2.05) is 0 Å². The Morgan fingerprint density at radius 1 is 1.50 bits per heavy atom. The molecule has 1 aromatic rings. The number of phenolic OH excluding ortho intramolecular Hbond substituents is 1. The maximum Gasteiger partial charge on any atom is 0.229 e. The Kier molecular flexibility index (Phi) is 1.93. The van der Waals surface area contributed by atoms with Crippen LogP contribution in [0.25, 0.3) is 4.85 Å². The highest BCUT2D eigenvalue weighted by molar-refractivity contribution is 9.10. The van der Waals surface area contributed by atoms with Crippen molar-refractivity contribution in [2.45, 2.75) is 0 Å². The average molecular weight is 198 g/mol. The summed E-state index contributed by atoms with van der Waals surface area (Å²) >= 11 is 3.09. The first-order chi connectivity index (χ1) is 4.75. The van der Waals surface area contributed by atoms with Gasteiger partial charge < -0.3 is 5.11 Å². The third kappa shape index (κ3) is 1.12. The zero-order valence-electron chi connectivity index (χ0n) is 5.00. The maximum atomic E-state index is 9.14. The Hall–Kier alpha value is -1.01. The van der Waals surface area contributed by atoms with Gasteiger partial charge in [0.15, 0.2) is 0 Å². The van der Waals surface area contributed by atoms with E-state index in [0.29, 0.717) is 4.47 Å². The Bertz CT molecular complexity index is 290. The zero-order chi connectivity index (χ0) is 7.56. The Labute approximate surface area is 67.1 Å². The predicted octanol–water partition coefficient (Wildman–Crippen LogP) is 2.71. The molecule has 0 saturated heterocycles. The van der Waals surface area contributed by atoms with E-state index >= 15 is 0 Å². The first kappa shape index (κ1) is 7.10. The number of halogens is 1. The van der Waals surface area contributed by atoms with Gasteiger partial charge in [0.2, 0.25) is 5.69 Å². The molecule has 1 aromatic carbocycles. The fraction of sp³-hybridized carbons (Fsp3) is 0. The molecule has 0 unspecified atom stereocenters. The summed E-state index contributed by atoms with van der Waals surface area (Å²) < 4.78 is 0.556. The number of hydrogen-bond acceptors (Lipinski definition) is 1. The molecule has 0 saturated carbocycles. The second-order valence-electron chi connectivity index (χ2n) is 1.72. The lowest BCUT2D eigenvalue weighted by Crippen LogP contribution is -1.66. The van der Waals surface area contributed by atoms with Gasteiger partial charge in [-0.15, -0.1) is 0 Å². The van der Waals surface area contributed by atoms with E-state index in [0.717, 1.165) is 0 Å². The van der Waals surface area contributed by atoms with Crippen LogP contribution >= 0.6 is 15.9 Å². The molecule has 50 valence electrons. The molecule has 0 bridgehead atoms. The van der Waals surface area contributed by atoms with Crippen molar-refractivity contribution in [2.75, 3.05) is 0 Å². The van der Waals surface area contributed by atoms with Gasteiger partial charge in [0.05, 0.1) is 6.57 Å². The summed E-state index contributed by atoms with van der Waals surface area (Å²) in [6.07, 6.45) is 0. The third-order valence-corrected chi connectivity index (χ3v) is 1.73. The molecule has 0 fully saturated rings. The summed E-state index contributed by atoms with van der Waals surface area (Å²) in [5, 5.41) is 9.14. The fourth-order valence-electron chi connectivity index (χ4n) is 0.594. The summed E-state index contributed by atoms with van der Waals surface area (Å²) in [7, 11) is 0. The van der Waals surface area contributed by atoms with Crippen molar-refractivity contribution in [3.05, 3.63) is 34.1 Å². The molecular weight excluding hydrogens is 194 g/mol. The number of para-hydroxylation sites is 1. The van der Waals surface area contributed by atoms with Crippen LogP contribution in [0, 0.1) is 6.57 Å². The molecule has 0 spiro atoms. The molecule has 0 amide bonds. The molecule has 1 rings (SSSR count). The van der Waals surface area contributed by atoms with E-state index in [1.165, 1.54) is 0 Å². The number of benzene rings is 1. The van der Waals surface area contributed by atoms with Crippen LogP contribution in [0.15, 0.2) is 22.7 Å². The van der Waals surface area contributed by atoms with Crippen LogP contribution in [0.2, 0.25) is 0 Å². The van der Waals surface area contributed by atoms with Crippen molar-refractivity contribution in [3.8, 4) is 5.75 Å². The molecule has 0 heterocycles. The Morgan fingerprint density at radius 2 is 2.20 bits per heavy atom. The molecule has 0 aliphatic heterocycles. The van der Waals surface area contributed by atoms with Crippen LogP contribution < -0.4 is 0 Å². The minimum atomic E-state index is 0.0116. The maximum absolute atomic E-state index is 9.14. The van der Waals surface area contributed by atoms with E-state index in [9.17, 15) is 0 Å². The van der Waals surface area contributed by atoms with E-state index in [4.69, 9.17) is 11.7 Å². The van der Waals surface area contributed by atoms with Crippen molar-refractivity contribution < 1.29 is 5.11 Å². The van der Waals surface area contributed by atoms with Crippen molar-refractivity contribution >= 4 is 21.6 Å². The van der Waals surface area contributed by atoms with Gasteiger partial charge in [-0.25, -0.2) is 4.85 Å². The minimum Gasteiger partial charge on any atom is -0.518 e. The van der Waals surface area contributed by atoms with Gasteiger partial charge in [-0.1, -0.05) is 12.1 Å². The van der Waals surface area contributed by atoms with Crippen LogP contribution in [0.4, 0.5) is 5.69 Å². The summed E-state index contributed by atoms with van der Waals surface area (Å²) in [5.41, 5.74) is 0.273. The largest absolute Gasteiger partial charge is 0.518 e. The summed E-state index contributed by atoms with van der Waals surface area (Å²) in [6, 6.07) is 4.95. The van der Waals surface area contributed by atoms with Gasteiger partial charge in [0.1, 0.15) is 5.75 Å². The lowest BCUT2D eigenvalue weighted by Gasteiger charge is -1.95. The molecule has 3 heteroatoms. The summed E-state index contributed by atoms with van der Waals surface area (Å²) in [5.74, 6) is 0.0116. The van der Waals surface area contributed by atoms with Gasteiger partial charge in [-0.05, 0) is 22.0 Å². The minimum absolute atomic E-state index is 0.0116. The normalized spacial score (nSPS) is 8.80. The Morgan fingerprint density at radius 3 is 2.70 bits per heavy atom. The van der Waals surface area contributed by atoms with Crippen molar-refractivity contribution in [1.82, 2.24) is 0 Å². The first-order valence-corrected chi connectivity index (χ1v) is 3.40. The molecule has 0 radical (unpaired) electrons. The van der Waals surface area contributed by atoms with Crippen LogP contribution in [0.5, 0.6) is 5.75 Å². The second-order valence-corrected chi connectivity index (χ2v) is 2.57. The highest BCUT2D eigenvalue weighted by Crippen LogP contribution is 2.33. The van der Waals surface area contributed by atoms with Gasteiger partial charge in [0, 0.05) is 4.47 Å². The quantitative estimate of drug-likeness (QED) is 0.636. The lowest BCUT2D eigenvalue weighted by atomic mass is 10.3. The van der Waals surface area contributed by atoms with Gasteiger partial charge in [0.25, 0.3) is 0 Å². The highest BCUT2D eigenvalue weighted by Gasteiger charge is 2.01. The molecule has 0 atom stereocenters. The molecule has 1 N–H and O–H groups in total. The van der Waals surface area contributed by atoms with E-state index < -0.39 is 0 Å². The van der Waals surface area contributed by atoms with Crippen LogP contribution in [-0.2, 0) is 0 Å². The van der Waals surface area contributed by atoms with Crippen molar-refractivity contribution in [2.24, 2.45) is 0 Å². The van der Waals surface area contributed by atoms with E-state index in [2.05, 4.69) is 20.8 Å². The number of rotatable bonds is 0. The van der Waals surface area contributed by atoms with Crippen molar-refractivity contribution in [3.63, 3.8) is 0 Å². The van der Waals surface area contributed by atoms with E-state index in [1.54, 1.807) is 18.2 Å². The zero-order valence-corrected chi connectivity index (χ0v) is 6.59. The summed E-state index contributed by atoms with van der Waals surface area (Å²) in [6.45, 7) is 6.63. The van der Waals surface area contributed by atoms with Gasteiger partial charge >= 0.3 is 0 Å². The van der Waals surface area contributed by atoms with Crippen molar-refractivity contribution in [1.29, 1.82) is 0 Å². The monoisotopic (exact) mass is 197 g/mol. The molecule has 10 heavy (non-hydrogen) atoms. The number of nitrogens with zero attached hydrogens (tertiary/aromatic N) is 1. The van der Waals surface area contributed by atoms with Crippen LogP contribution in [-0.4, -0.2) is 5.11 Å². The highest BCUT2D eigenvalue weighted by atomic mass is 79.9. The average Bonchev–Trinajstić information content (AvgIpc) is 1.95. The third-order valence-electron chi connectivity index (χ3n) is 1.09. The number of hydrogen-bond donors (Lipinski definition) is 1. The van der Waals surface area contributed by atoms with E-state index in [-0.39, 0.29) is 11.4 Å². The predicted molar refractivity (Wildman–Crippen MR) is 42.1 cm³/mol. The number of aromatic hydroxyl groups is 1. The smallest absolute Gasteiger partial charge is 0.229 e. The molecule has 2 nitrogen and oxygen atoms in total. The molecular formula is C7H4BrNO.